The summed E-state index contributed by atoms with van der Waals surface area (Å²) in [6, 6.07) is 5.01. The van der Waals surface area contributed by atoms with E-state index in [1.165, 1.54) is 0 Å². The van der Waals surface area contributed by atoms with Gasteiger partial charge in [0.2, 0.25) is 0 Å². The van der Waals surface area contributed by atoms with Gasteiger partial charge in [-0.25, -0.2) is 0 Å². The fourth-order valence-corrected chi connectivity index (χ4v) is 2.91. The molecule has 0 radical (unpaired) electrons. The van der Waals surface area contributed by atoms with Crippen LogP contribution in [-0.2, 0) is 0 Å². The standard InChI is InChI=1S/C14H18Cl2N2O/c1-17-8-10-3-2-6-18(9-10)14(19)12-7-11(15)4-5-13(12)16/h4-5,7,10,17H,2-3,6,8-9H2,1H3/t10-/m0/s1. The molecule has 2 rings (SSSR count). The maximum Gasteiger partial charge on any atom is 0.255 e. The molecule has 0 aromatic heterocycles. The van der Waals surface area contributed by atoms with Crippen LogP contribution in [0.25, 0.3) is 0 Å². The van der Waals surface area contributed by atoms with E-state index in [1.54, 1.807) is 18.2 Å². The second-order valence-electron chi connectivity index (χ2n) is 4.94. The zero-order chi connectivity index (χ0) is 13.8. The molecule has 1 atom stereocenters. The number of nitrogens with one attached hydrogen (secondary N) is 1. The van der Waals surface area contributed by atoms with Crippen molar-refractivity contribution in [2.45, 2.75) is 12.8 Å². The van der Waals surface area contributed by atoms with E-state index in [1.807, 2.05) is 11.9 Å². The van der Waals surface area contributed by atoms with E-state index in [-0.39, 0.29) is 5.91 Å². The van der Waals surface area contributed by atoms with Crippen LogP contribution in [0, 0.1) is 5.92 Å². The van der Waals surface area contributed by atoms with Crippen molar-refractivity contribution in [3.63, 3.8) is 0 Å². The number of carbonyl (C=O) groups excluding carboxylic acids is 1. The van der Waals surface area contributed by atoms with Crippen LogP contribution in [-0.4, -0.2) is 37.5 Å². The molecule has 1 N–H and O–H groups in total. The van der Waals surface area contributed by atoms with E-state index >= 15 is 0 Å². The number of hydrogen-bond acceptors (Lipinski definition) is 2. The molecule has 0 bridgehead atoms. The van der Waals surface area contributed by atoms with Gasteiger partial charge in [0.05, 0.1) is 10.6 Å². The molecule has 1 heterocycles. The summed E-state index contributed by atoms with van der Waals surface area (Å²) in [5.74, 6) is 0.494. The highest BCUT2D eigenvalue weighted by Crippen LogP contribution is 2.24. The maximum atomic E-state index is 12.5. The van der Waals surface area contributed by atoms with Gasteiger partial charge in [0.1, 0.15) is 0 Å². The molecular formula is C14H18Cl2N2O. The quantitative estimate of drug-likeness (QED) is 0.930. The molecule has 0 unspecified atom stereocenters. The first-order chi connectivity index (χ1) is 9.11. The van der Waals surface area contributed by atoms with Crippen molar-refractivity contribution in [3.05, 3.63) is 33.8 Å². The number of hydrogen-bond donors (Lipinski definition) is 1. The summed E-state index contributed by atoms with van der Waals surface area (Å²) >= 11 is 12.0. The first kappa shape index (κ1) is 14.6. The molecule has 0 saturated carbocycles. The molecule has 1 aromatic rings. The molecule has 104 valence electrons. The maximum absolute atomic E-state index is 12.5. The van der Waals surface area contributed by atoms with Crippen molar-refractivity contribution in [2.75, 3.05) is 26.7 Å². The fourth-order valence-electron chi connectivity index (χ4n) is 2.54. The first-order valence-corrected chi connectivity index (χ1v) is 7.26. The zero-order valence-corrected chi connectivity index (χ0v) is 12.5. The number of carbonyl (C=O) groups is 1. The summed E-state index contributed by atoms with van der Waals surface area (Å²) < 4.78 is 0. The Morgan fingerprint density at radius 2 is 2.26 bits per heavy atom. The Labute approximate surface area is 123 Å². The normalized spacial score (nSPS) is 19.5. The molecule has 5 heteroatoms. The van der Waals surface area contributed by atoms with Crippen molar-refractivity contribution in [2.24, 2.45) is 5.92 Å². The summed E-state index contributed by atoms with van der Waals surface area (Å²) in [5, 5.41) is 4.17. The minimum absolute atomic E-state index is 0.0201. The third kappa shape index (κ3) is 3.62. The SMILES string of the molecule is CNC[C@@H]1CCCN(C(=O)c2cc(Cl)ccc2Cl)C1. The average Bonchev–Trinajstić information content (AvgIpc) is 2.41. The topological polar surface area (TPSA) is 32.3 Å². The highest BCUT2D eigenvalue weighted by atomic mass is 35.5. The Bertz CT molecular complexity index is 463. The number of piperidine rings is 1. The van der Waals surface area contributed by atoms with Gasteiger partial charge in [0.15, 0.2) is 0 Å². The Morgan fingerprint density at radius 1 is 1.47 bits per heavy atom. The van der Waals surface area contributed by atoms with E-state index in [2.05, 4.69) is 5.32 Å². The Kier molecular flexibility index (Phi) is 5.08. The molecule has 0 aliphatic carbocycles. The summed E-state index contributed by atoms with van der Waals surface area (Å²) in [6.07, 6.45) is 2.20. The van der Waals surface area contributed by atoms with Crippen LogP contribution >= 0.6 is 23.2 Å². The number of benzene rings is 1. The number of amides is 1. The lowest BCUT2D eigenvalue weighted by Crippen LogP contribution is -2.42. The Hall–Kier alpha value is -0.770. The highest BCUT2D eigenvalue weighted by molar-refractivity contribution is 6.35. The zero-order valence-electron chi connectivity index (χ0n) is 11.0. The summed E-state index contributed by atoms with van der Waals surface area (Å²) in [5.41, 5.74) is 0.499. The van der Waals surface area contributed by atoms with Crippen molar-refractivity contribution < 1.29 is 4.79 Å². The van der Waals surface area contributed by atoms with E-state index in [0.29, 0.717) is 21.5 Å². The molecule has 3 nitrogen and oxygen atoms in total. The van der Waals surface area contributed by atoms with Gasteiger partial charge in [-0.15, -0.1) is 0 Å². The average molecular weight is 301 g/mol. The first-order valence-electron chi connectivity index (χ1n) is 6.50. The molecule has 1 fully saturated rings. The lowest BCUT2D eigenvalue weighted by atomic mass is 9.97. The van der Waals surface area contributed by atoms with E-state index in [0.717, 1.165) is 32.5 Å². The molecule has 1 aliphatic heterocycles. The molecule has 1 aliphatic rings. The predicted octanol–water partition coefficient (Wildman–Crippen LogP) is 3.07. The number of likely N-dealkylation sites (tertiary alicyclic amines) is 1. The van der Waals surface area contributed by atoms with Gasteiger partial charge in [-0.05, 0) is 50.6 Å². The van der Waals surface area contributed by atoms with Gasteiger partial charge in [-0.3, -0.25) is 4.79 Å². The molecule has 1 amide bonds. The lowest BCUT2D eigenvalue weighted by Gasteiger charge is -2.33. The lowest BCUT2D eigenvalue weighted by molar-refractivity contribution is 0.0674. The van der Waals surface area contributed by atoms with Crippen LogP contribution in [0.3, 0.4) is 0 Å². The largest absolute Gasteiger partial charge is 0.338 e. The van der Waals surface area contributed by atoms with Gasteiger partial charge >= 0.3 is 0 Å². The summed E-state index contributed by atoms with van der Waals surface area (Å²) in [6.45, 7) is 2.51. The second-order valence-corrected chi connectivity index (χ2v) is 5.78. The molecular weight excluding hydrogens is 283 g/mol. The van der Waals surface area contributed by atoms with Crippen molar-refractivity contribution in [1.29, 1.82) is 0 Å². The number of rotatable bonds is 3. The molecule has 1 aromatic carbocycles. The van der Waals surface area contributed by atoms with Crippen molar-refractivity contribution >= 4 is 29.1 Å². The van der Waals surface area contributed by atoms with Crippen LogP contribution in [0.15, 0.2) is 18.2 Å². The Balaban J connectivity index is 2.12. The Morgan fingerprint density at radius 3 is 3.00 bits per heavy atom. The van der Waals surface area contributed by atoms with Gasteiger partial charge in [-0.2, -0.15) is 0 Å². The minimum atomic E-state index is -0.0201. The fraction of sp³-hybridized carbons (Fsp3) is 0.500. The van der Waals surface area contributed by atoms with Crippen LogP contribution in [0.1, 0.15) is 23.2 Å². The van der Waals surface area contributed by atoms with E-state index in [9.17, 15) is 4.79 Å². The van der Waals surface area contributed by atoms with E-state index < -0.39 is 0 Å². The van der Waals surface area contributed by atoms with Crippen LogP contribution in [0.5, 0.6) is 0 Å². The second kappa shape index (κ2) is 6.60. The number of halogens is 2. The highest BCUT2D eigenvalue weighted by Gasteiger charge is 2.25. The smallest absolute Gasteiger partial charge is 0.255 e. The minimum Gasteiger partial charge on any atom is -0.338 e. The molecule has 19 heavy (non-hydrogen) atoms. The van der Waals surface area contributed by atoms with Gasteiger partial charge < -0.3 is 10.2 Å². The summed E-state index contributed by atoms with van der Waals surface area (Å²) in [4.78, 5) is 14.4. The van der Waals surface area contributed by atoms with E-state index in [4.69, 9.17) is 23.2 Å². The third-order valence-electron chi connectivity index (χ3n) is 3.46. The van der Waals surface area contributed by atoms with Crippen LogP contribution in [0.4, 0.5) is 0 Å². The third-order valence-corrected chi connectivity index (χ3v) is 4.02. The van der Waals surface area contributed by atoms with Crippen LogP contribution < -0.4 is 5.32 Å². The van der Waals surface area contributed by atoms with Crippen LogP contribution in [0.2, 0.25) is 10.0 Å². The monoisotopic (exact) mass is 300 g/mol. The number of nitrogens with zero attached hydrogens (tertiary/aromatic N) is 1. The van der Waals surface area contributed by atoms with Gasteiger partial charge in [0.25, 0.3) is 5.91 Å². The van der Waals surface area contributed by atoms with Gasteiger partial charge in [0, 0.05) is 18.1 Å². The van der Waals surface area contributed by atoms with Crippen molar-refractivity contribution in [1.82, 2.24) is 10.2 Å². The molecule has 1 saturated heterocycles. The van der Waals surface area contributed by atoms with Gasteiger partial charge in [-0.1, -0.05) is 23.2 Å². The van der Waals surface area contributed by atoms with Crippen molar-refractivity contribution in [3.8, 4) is 0 Å². The predicted molar refractivity (Wildman–Crippen MR) is 79.0 cm³/mol. The summed E-state index contributed by atoms with van der Waals surface area (Å²) in [7, 11) is 1.94. The molecule has 0 spiro atoms.